The molecule has 1 aromatic carbocycles. The Morgan fingerprint density at radius 1 is 1.53 bits per heavy atom. The summed E-state index contributed by atoms with van der Waals surface area (Å²) in [6.45, 7) is 0.427. The van der Waals surface area contributed by atoms with Crippen LogP contribution in [0.25, 0.3) is 0 Å². The Morgan fingerprint density at radius 2 is 2.35 bits per heavy atom. The van der Waals surface area contributed by atoms with Crippen LogP contribution in [0.3, 0.4) is 0 Å². The lowest BCUT2D eigenvalue weighted by Crippen LogP contribution is -2.41. The minimum atomic E-state index is -0.386. The molecule has 90 valence electrons. The molecule has 5 nitrogen and oxygen atoms in total. The number of carbonyl (C=O) groups is 2. The fraction of sp³-hybridized carbons (Fsp3) is 0.333. The van der Waals surface area contributed by atoms with Crippen LogP contribution >= 0.6 is 0 Å². The molecule has 1 atom stereocenters. The highest BCUT2D eigenvalue weighted by Gasteiger charge is 2.26. The maximum atomic E-state index is 11.7. The van der Waals surface area contributed by atoms with E-state index in [4.69, 9.17) is 5.73 Å². The van der Waals surface area contributed by atoms with Gasteiger partial charge in [0.25, 0.3) is 0 Å². The van der Waals surface area contributed by atoms with Crippen LogP contribution in [-0.4, -0.2) is 17.9 Å². The molecule has 0 spiro atoms. The first-order valence-electron chi connectivity index (χ1n) is 5.56. The summed E-state index contributed by atoms with van der Waals surface area (Å²) in [4.78, 5) is 22.7. The molecule has 5 heteroatoms. The number of nitrogens with two attached hydrogens (primary N) is 1. The molecule has 0 aromatic heterocycles. The molecule has 1 aliphatic heterocycles. The van der Waals surface area contributed by atoms with E-state index in [-0.39, 0.29) is 17.9 Å². The smallest absolute Gasteiger partial charge is 0.242 e. The highest BCUT2D eigenvalue weighted by molar-refractivity contribution is 5.90. The van der Waals surface area contributed by atoms with Crippen LogP contribution in [-0.2, 0) is 16.1 Å². The number of benzene rings is 1. The molecule has 0 aliphatic carbocycles. The summed E-state index contributed by atoms with van der Waals surface area (Å²) in [5.74, 6) is -0.201. The highest BCUT2D eigenvalue weighted by Crippen LogP contribution is 2.08. The van der Waals surface area contributed by atoms with Crippen molar-refractivity contribution in [1.29, 1.82) is 0 Å². The van der Waals surface area contributed by atoms with E-state index in [1.807, 2.05) is 18.2 Å². The highest BCUT2D eigenvalue weighted by atomic mass is 16.2. The van der Waals surface area contributed by atoms with E-state index in [2.05, 4.69) is 10.6 Å². The molecule has 4 N–H and O–H groups in total. The number of anilines is 1. The first-order valence-corrected chi connectivity index (χ1v) is 5.56. The van der Waals surface area contributed by atoms with Crippen molar-refractivity contribution in [2.45, 2.75) is 25.4 Å². The Labute approximate surface area is 99.4 Å². The molecule has 1 fully saturated rings. The van der Waals surface area contributed by atoms with Crippen LogP contribution in [0.2, 0.25) is 0 Å². The minimum absolute atomic E-state index is 0.0610. The second-order valence-electron chi connectivity index (χ2n) is 4.12. The van der Waals surface area contributed by atoms with Gasteiger partial charge in [0.05, 0.1) is 0 Å². The molecule has 1 saturated heterocycles. The van der Waals surface area contributed by atoms with Gasteiger partial charge in [-0.25, -0.2) is 0 Å². The number of hydrogen-bond acceptors (Lipinski definition) is 3. The Bertz CT molecular complexity index is 445. The molecule has 2 rings (SSSR count). The summed E-state index contributed by atoms with van der Waals surface area (Å²) >= 11 is 0. The number of rotatable bonds is 3. The van der Waals surface area contributed by atoms with Crippen molar-refractivity contribution in [2.24, 2.45) is 0 Å². The summed E-state index contributed by atoms with van der Waals surface area (Å²) in [7, 11) is 0. The normalized spacial score (nSPS) is 18.8. The molecule has 1 aromatic rings. The van der Waals surface area contributed by atoms with E-state index < -0.39 is 0 Å². The Balaban J connectivity index is 1.86. The van der Waals surface area contributed by atoms with E-state index in [9.17, 15) is 9.59 Å². The lowest BCUT2D eigenvalue weighted by atomic mass is 10.2. The van der Waals surface area contributed by atoms with Crippen molar-refractivity contribution in [3.05, 3.63) is 29.8 Å². The molecule has 1 heterocycles. The number of hydrogen-bond donors (Lipinski definition) is 3. The molecule has 2 amide bonds. The molecular weight excluding hydrogens is 218 g/mol. The quantitative estimate of drug-likeness (QED) is 0.650. The van der Waals surface area contributed by atoms with Crippen molar-refractivity contribution in [3.63, 3.8) is 0 Å². The SMILES string of the molecule is Nc1cccc(CNC(=O)C2CCC(=O)N2)c1. The summed E-state index contributed by atoms with van der Waals surface area (Å²) in [5, 5.41) is 5.41. The van der Waals surface area contributed by atoms with Gasteiger partial charge in [-0.1, -0.05) is 12.1 Å². The van der Waals surface area contributed by atoms with E-state index in [1.54, 1.807) is 6.07 Å². The van der Waals surface area contributed by atoms with Crippen molar-refractivity contribution < 1.29 is 9.59 Å². The van der Waals surface area contributed by atoms with Gasteiger partial charge in [0.1, 0.15) is 6.04 Å². The van der Waals surface area contributed by atoms with E-state index in [0.717, 1.165) is 5.56 Å². The molecule has 0 bridgehead atoms. The van der Waals surface area contributed by atoms with Crippen LogP contribution in [0.1, 0.15) is 18.4 Å². The number of nitrogens with one attached hydrogen (secondary N) is 2. The van der Waals surface area contributed by atoms with Gasteiger partial charge in [0.15, 0.2) is 0 Å². The van der Waals surface area contributed by atoms with Crippen molar-refractivity contribution >= 4 is 17.5 Å². The standard InChI is InChI=1S/C12H15N3O2/c13-9-3-1-2-8(6-9)7-14-12(17)10-4-5-11(16)15-10/h1-3,6,10H,4-5,7,13H2,(H,14,17)(H,15,16). The maximum absolute atomic E-state index is 11.7. The second kappa shape index (κ2) is 4.86. The molecule has 0 radical (unpaired) electrons. The third-order valence-corrected chi connectivity index (χ3v) is 2.73. The summed E-state index contributed by atoms with van der Waals surface area (Å²) in [5.41, 5.74) is 7.25. The lowest BCUT2D eigenvalue weighted by molar-refractivity contribution is -0.125. The van der Waals surface area contributed by atoms with Crippen LogP contribution in [0.15, 0.2) is 24.3 Å². The van der Waals surface area contributed by atoms with E-state index in [1.165, 1.54) is 0 Å². The van der Waals surface area contributed by atoms with Gasteiger partial charge < -0.3 is 16.4 Å². The Kier molecular flexibility index (Phi) is 3.27. The van der Waals surface area contributed by atoms with E-state index >= 15 is 0 Å². The van der Waals surface area contributed by atoms with Gasteiger partial charge in [-0.2, -0.15) is 0 Å². The first-order chi connectivity index (χ1) is 8.15. The molecular formula is C12H15N3O2. The predicted molar refractivity (Wildman–Crippen MR) is 63.9 cm³/mol. The monoisotopic (exact) mass is 233 g/mol. The summed E-state index contributed by atoms with van der Waals surface area (Å²) in [6.07, 6.45) is 0.998. The first kappa shape index (κ1) is 11.4. The van der Waals surface area contributed by atoms with Crippen LogP contribution < -0.4 is 16.4 Å². The average Bonchev–Trinajstić information content (AvgIpc) is 2.73. The third-order valence-electron chi connectivity index (χ3n) is 2.73. The zero-order valence-electron chi connectivity index (χ0n) is 9.40. The van der Waals surface area contributed by atoms with Gasteiger partial charge in [-0.05, 0) is 24.1 Å². The van der Waals surface area contributed by atoms with Gasteiger partial charge >= 0.3 is 0 Å². The Morgan fingerprint density at radius 3 is 3.00 bits per heavy atom. The minimum Gasteiger partial charge on any atom is -0.399 e. The summed E-state index contributed by atoms with van der Waals surface area (Å²) in [6, 6.07) is 6.96. The van der Waals surface area contributed by atoms with Gasteiger partial charge in [-0.3, -0.25) is 9.59 Å². The molecule has 17 heavy (non-hydrogen) atoms. The van der Waals surface area contributed by atoms with Crippen LogP contribution in [0, 0.1) is 0 Å². The topological polar surface area (TPSA) is 84.2 Å². The zero-order chi connectivity index (χ0) is 12.3. The molecule has 1 aliphatic rings. The second-order valence-corrected chi connectivity index (χ2v) is 4.12. The Hall–Kier alpha value is -2.04. The molecule has 0 saturated carbocycles. The zero-order valence-corrected chi connectivity index (χ0v) is 9.40. The maximum Gasteiger partial charge on any atom is 0.242 e. The largest absolute Gasteiger partial charge is 0.399 e. The van der Waals surface area contributed by atoms with E-state index in [0.29, 0.717) is 25.1 Å². The number of nitrogen functional groups attached to an aromatic ring is 1. The van der Waals surface area contributed by atoms with Crippen LogP contribution in [0.4, 0.5) is 5.69 Å². The van der Waals surface area contributed by atoms with Crippen molar-refractivity contribution in [1.82, 2.24) is 10.6 Å². The van der Waals surface area contributed by atoms with Crippen molar-refractivity contribution in [3.8, 4) is 0 Å². The summed E-state index contributed by atoms with van der Waals surface area (Å²) < 4.78 is 0. The number of amides is 2. The predicted octanol–water partition coefficient (Wildman–Crippen LogP) is 0.164. The fourth-order valence-corrected chi connectivity index (χ4v) is 1.83. The molecule has 1 unspecified atom stereocenters. The van der Waals surface area contributed by atoms with Crippen LogP contribution in [0.5, 0.6) is 0 Å². The fourth-order valence-electron chi connectivity index (χ4n) is 1.83. The third kappa shape index (κ3) is 2.96. The lowest BCUT2D eigenvalue weighted by Gasteiger charge is -2.11. The van der Waals surface area contributed by atoms with Gasteiger partial charge in [-0.15, -0.1) is 0 Å². The van der Waals surface area contributed by atoms with Gasteiger partial charge in [0.2, 0.25) is 11.8 Å². The average molecular weight is 233 g/mol. The van der Waals surface area contributed by atoms with Gasteiger partial charge in [0, 0.05) is 18.7 Å². The van der Waals surface area contributed by atoms with Crippen molar-refractivity contribution in [2.75, 3.05) is 5.73 Å². The number of carbonyl (C=O) groups excluding carboxylic acids is 2.